The zero-order valence-corrected chi connectivity index (χ0v) is 15.1. The van der Waals surface area contributed by atoms with Crippen LogP contribution < -0.4 is 15.5 Å². The average molecular weight is 354 g/mol. The van der Waals surface area contributed by atoms with Crippen LogP contribution in [0.1, 0.15) is 18.1 Å². The molecule has 0 aliphatic carbocycles. The number of quaternary nitrogens is 1. The van der Waals surface area contributed by atoms with E-state index in [9.17, 15) is 9.59 Å². The number of rotatable bonds is 4. The van der Waals surface area contributed by atoms with Gasteiger partial charge in [-0.2, -0.15) is 0 Å². The van der Waals surface area contributed by atoms with Gasteiger partial charge in [-0.3, -0.25) is 15.0 Å². The predicted molar refractivity (Wildman–Crippen MR) is 101 cm³/mol. The lowest BCUT2D eigenvalue weighted by Gasteiger charge is -2.25. The van der Waals surface area contributed by atoms with E-state index in [-0.39, 0.29) is 5.91 Å². The van der Waals surface area contributed by atoms with Gasteiger partial charge in [-0.15, -0.1) is 0 Å². The average Bonchev–Trinajstić information content (AvgIpc) is 2.82. The van der Waals surface area contributed by atoms with E-state index in [0.29, 0.717) is 12.2 Å². The van der Waals surface area contributed by atoms with Crippen LogP contribution >= 0.6 is 0 Å². The molecule has 2 amide bonds. The molecule has 6 nitrogen and oxygen atoms in total. The van der Waals surface area contributed by atoms with E-state index in [1.54, 1.807) is 4.90 Å². The standard InChI is InChI=1S/C20H23N3O3/c1-3-21-13-19(24)23-17-7-5-4-6-14(17)8-9-15-10-11-16(12-18(15)23)22-20(25)26-2/h4-7,10-12,21H,3,8-9,13H2,1-2H3,(H,22,25)/p+1. The highest BCUT2D eigenvalue weighted by Crippen LogP contribution is 2.37. The van der Waals surface area contributed by atoms with Gasteiger partial charge >= 0.3 is 6.09 Å². The number of para-hydroxylation sites is 1. The van der Waals surface area contributed by atoms with Gasteiger partial charge in [-0.1, -0.05) is 24.3 Å². The second-order valence-corrected chi connectivity index (χ2v) is 6.22. The molecule has 1 aliphatic heterocycles. The monoisotopic (exact) mass is 354 g/mol. The number of benzene rings is 2. The van der Waals surface area contributed by atoms with E-state index in [2.05, 4.69) is 16.1 Å². The molecular weight excluding hydrogens is 330 g/mol. The molecule has 0 unspecified atom stereocenters. The van der Waals surface area contributed by atoms with Gasteiger partial charge in [0.25, 0.3) is 5.91 Å². The van der Waals surface area contributed by atoms with E-state index in [1.807, 2.05) is 48.6 Å². The number of likely N-dealkylation sites (N-methyl/N-ethyl adjacent to an activating group) is 1. The number of ether oxygens (including phenoxy) is 1. The molecule has 1 heterocycles. The van der Waals surface area contributed by atoms with Crippen LogP contribution in [0.2, 0.25) is 0 Å². The number of fused-ring (bicyclic) bond motifs is 2. The molecule has 1 aliphatic rings. The van der Waals surface area contributed by atoms with Crippen LogP contribution in [0.5, 0.6) is 0 Å². The number of carbonyl (C=O) groups excluding carboxylic acids is 2. The zero-order chi connectivity index (χ0) is 18.5. The molecule has 0 radical (unpaired) electrons. The lowest BCUT2D eigenvalue weighted by molar-refractivity contribution is -0.640. The number of hydrogen-bond donors (Lipinski definition) is 2. The fourth-order valence-corrected chi connectivity index (χ4v) is 3.20. The fourth-order valence-electron chi connectivity index (χ4n) is 3.20. The molecule has 2 aromatic carbocycles. The molecule has 0 atom stereocenters. The van der Waals surface area contributed by atoms with Crippen molar-refractivity contribution in [1.29, 1.82) is 0 Å². The van der Waals surface area contributed by atoms with E-state index in [0.717, 1.165) is 41.9 Å². The summed E-state index contributed by atoms with van der Waals surface area (Å²) in [7, 11) is 1.32. The lowest BCUT2D eigenvalue weighted by atomic mass is 10.0. The van der Waals surface area contributed by atoms with Crippen molar-refractivity contribution in [3.05, 3.63) is 53.6 Å². The molecule has 26 heavy (non-hydrogen) atoms. The maximum atomic E-state index is 13.0. The number of nitrogens with two attached hydrogens (primary N) is 1. The number of amides is 2. The largest absolute Gasteiger partial charge is 0.453 e. The quantitative estimate of drug-likeness (QED) is 0.884. The topological polar surface area (TPSA) is 75.3 Å². The number of methoxy groups -OCH3 is 1. The Morgan fingerprint density at radius 2 is 1.85 bits per heavy atom. The Morgan fingerprint density at radius 1 is 1.12 bits per heavy atom. The third kappa shape index (κ3) is 3.70. The molecule has 0 bridgehead atoms. The summed E-state index contributed by atoms with van der Waals surface area (Å²) < 4.78 is 4.67. The smallest absolute Gasteiger partial charge is 0.411 e. The predicted octanol–water partition coefficient (Wildman–Crippen LogP) is 2.21. The number of carbonyl (C=O) groups is 2. The van der Waals surface area contributed by atoms with Crippen LogP contribution in [0.15, 0.2) is 42.5 Å². The highest BCUT2D eigenvalue weighted by atomic mass is 16.5. The number of nitrogens with one attached hydrogen (secondary N) is 1. The fraction of sp³-hybridized carbons (Fsp3) is 0.300. The molecule has 0 fully saturated rings. The summed E-state index contributed by atoms with van der Waals surface area (Å²) in [6.45, 7) is 3.24. The van der Waals surface area contributed by atoms with Crippen LogP contribution in [0.4, 0.5) is 21.9 Å². The maximum Gasteiger partial charge on any atom is 0.411 e. The minimum Gasteiger partial charge on any atom is -0.453 e. The first kappa shape index (κ1) is 17.9. The van der Waals surface area contributed by atoms with Crippen molar-refractivity contribution in [2.24, 2.45) is 0 Å². The molecule has 3 N–H and O–H groups in total. The van der Waals surface area contributed by atoms with Gasteiger partial charge in [-0.05, 0) is 49.1 Å². The van der Waals surface area contributed by atoms with Crippen molar-refractivity contribution < 1.29 is 19.6 Å². The van der Waals surface area contributed by atoms with Crippen molar-refractivity contribution in [1.82, 2.24) is 0 Å². The first-order valence-corrected chi connectivity index (χ1v) is 8.84. The first-order chi connectivity index (χ1) is 12.6. The van der Waals surface area contributed by atoms with E-state index in [4.69, 9.17) is 0 Å². The highest BCUT2D eigenvalue weighted by Gasteiger charge is 2.26. The summed E-state index contributed by atoms with van der Waals surface area (Å²) in [5.41, 5.74) is 4.57. The van der Waals surface area contributed by atoms with Crippen molar-refractivity contribution in [2.75, 3.05) is 30.4 Å². The first-order valence-electron chi connectivity index (χ1n) is 8.84. The lowest BCUT2D eigenvalue weighted by Crippen LogP contribution is -2.86. The second-order valence-electron chi connectivity index (χ2n) is 6.22. The molecule has 136 valence electrons. The Hall–Kier alpha value is -2.86. The van der Waals surface area contributed by atoms with Gasteiger partial charge in [0.15, 0.2) is 6.54 Å². The van der Waals surface area contributed by atoms with Crippen LogP contribution in [-0.2, 0) is 22.4 Å². The van der Waals surface area contributed by atoms with E-state index in [1.165, 1.54) is 7.11 Å². The second kappa shape index (κ2) is 8.01. The summed E-state index contributed by atoms with van der Waals surface area (Å²) in [6.07, 6.45) is 1.18. The molecule has 3 rings (SSSR count). The molecule has 0 saturated heterocycles. The molecular formula is C20H24N3O3+. The van der Waals surface area contributed by atoms with Gasteiger partial charge in [0.1, 0.15) is 0 Å². The number of anilines is 3. The Morgan fingerprint density at radius 3 is 2.58 bits per heavy atom. The van der Waals surface area contributed by atoms with Crippen molar-refractivity contribution in [3.63, 3.8) is 0 Å². The third-order valence-corrected chi connectivity index (χ3v) is 4.51. The Labute approximate surface area is 153 Å². The highest BCUT2D eigenvalue weighted by molar-refractivity contribution is 6.03. The van der Waals surface area contributed by atoms with Crippen LogP contribution in [0.25, 0.3) is 0 Å². The Bertz CT molecular complexity index is 820. The molecule has 0 saturated carbocycles. The number of hydrogen-bond acceptors (Lipinski definition) is 3. The normalized spacial score (nSPS) is 12.6. The van der Waals surface area contributed by atoms with Gasteiger partial charge in [0.05, 0.1) is 25.0 Å². The maximum absolute atomic E-state index is 13.0. The molecule has 0 spiro atoms. The van der Waals surface area contributed by atoms with Crippen molar-refractivity contribution >= 4 is 29.1 Å². The van der Waals surface area contributed by atoms with Gasteiger partial charge in [0, 0.05) is 5.69 Å². The third-order valence-electron chi connectivity index (χ3n) is 4.51. The molecule has 6 heteroatoms. The SMILES string of the molecule is CC[NH2+]CC(=O)N1c2ccccc2CCc2ccc(NC(=O)OC)cc21. The van der Waals surface area contributed by atoms with Gasteiger partial charge in [-0.25, -0.2) is 4.79 Å². The van der Waals surface area contributed by atoms with Crippen LogP contribution in [-0.4, -0.2) is 32.2 Å². The van der Waals surface area contributed by atoms with Gasteiger partial charge in [0.2, 0.25) is 0 Å². The van der Waals surface area contributed by atoms with Gasteiger partial charge < -0.3 is 10.1 Å². The van der Waals surface area contributed by atoms with Crippen molar-refractivity contribution in [3.8, 4) is 0 Å². The molecule has 0 aromatic heterocycles. The van der Waals surface area contributed by atoms with Crippen molar-refractivity contribution in [2.45, 2.75) is 19.8 Å². The van der Waals surface area contributed by atoms with Crippen LogP contribution in [0, 0.1) is 0 Å². The number of aryl methyl sites for hydroxylation is 2. The minimum absolute atomic E-state index is 0.0256. The summed E-state index contributed by atoms with van der Waals surface area (Å²) in [6, 6.07) is 13.7. The summed E-state index contributed by atoms with van der Waals surface area (Å²) >= 11 is 0. The summed E-state index contributed by atoms with van der Waals surface area (Å²) in [4.78, 5) is 26.3. The zero-order valence-electron chi connectivity index (χ0n) is 15.1. The molecule has 2 aromatic rings. The Kier molecular flexibility index (Phi) is 5.53. The Balaban J connectivity index is 2.06. The minimum atomic E-state index is -0.531. The summed E-state index contributed by atoms with van der Waals surface area (Å²) in [5.74, 6) is 0.0256. The number of nitrogens with zero attached hydrogens (tertiary/aromatic N) is 1. The van der Waals surface area contributed by atoms with E-state index < -0.39 is 6.09 Å². The van der Waals surface area contributed by atoms with Crippen LogP contribution in [0.3, 0.4) is 0 Å². The van der Waals surface area contributed by atoms with E-state index >= 15 is 0 Å². The summed E-state index contributed by atoms with van der Waals surface area (Å²) in [5, 5.41) is 4.66.